The maximum Gasteiger partial charge on any atom is 0.119 e. The molecule has 1 aliphatic rings. The number of benzene rings is 1. The van der Waals surface area contributed by atoms with Gasteiger partial charge in [-0.1, -0.05) is 37.3 Å². The van der Waals surface area contributed by atoms with Crippen molar-refractivity contribution in [1.82, 2.24) is 5.32 Å². The number of aliphatic hydroxyl groups is 1. The highest BCUT2D eigenvalue weighted by Crippen LogP contribution is 2.21. The minimum absolute atomic E-state index is 0.306. The second-order valence-electron chi connectivity index (χ2n) is 5.97. The summed E-state index contributed by atoms with van der Waals surface area (Å²) in [6, 6.07) is 6.11. The Hall–Kier alpha value is -0.770. The first-order chi connectivity index (χ1) is 10.1. The third kappa shape index (κ3) is 5.85. The molecule has 3 nitrogen and oxygen atoms in total. The van der Waals surface area contributed by atoms with Crippen molar-refractivity contribution in [1.29, 1.82) is 0 Å². The fraction of sp³-hybridized carbons (Fsp3) is 0.647. The van der Waals surface area contributed by atoms with Gasteiger partial charge in [0.1, 0.15) is 18.5 Å². The Morgan fingerprint density at radius 1 is 1.29 bits per heavy atom. The van der Waals surface area contributed by atoms with Crippen LogP contribution in [0.4, 0.5) is 0 Å². The zero-order valence-electron chi connectivity index (χ0n) is 12.8. The minimum Gasteiger partial charge on any atom is -0.491 e. The number of ether oxygens (including phenoxy) is 1. The molecule has 1 aromatic carbocycles. The van der Waals surface area contributed by atoms with Crippen LogP contribution >= 0.6 is 11.6 Å². The van der Waals surface area contributed by atoms with Gasteiger partial charge in [0, 0.05) is 17.6 Å². The van der Waals surface area contributed by atoms with Gasteiger partial charge in [0.25, 0.3) is 0 Å². The predicted octanol–water partition coefficient (Wildman–Crippen LogP) is 3.70. The zero-order valence-corrected chi connectivity index (χ0v) is 13.5. The van der Waals surface area contributed by atoms with Gasteiger partial charge >= 0.3 is 0 Å². The molecule has 0 heterocycles. The molecule has 21 heavy (non-hydrogen) atoms. The molecular weight excluding hydrogens is 286 g/mol. The van der Waals surface area contributed by atoms with Crippen molar-refractivity contribution in [2.24, 2.45) is 0 Å². The summed E-state index contributed by atoms with van der Waals surface area (Å²) in [7, 11) is 0. The van der Waals surface area contributed by atoms with E-state index >= 15 is 0 Å². The number of aryl methyl sites for hydroxylation is 1. The summed E-state index contributed by atoms with van der Waals surface area (Å²) >= 11 is 5.98. The Labute approximate surface area is 132 Å². The van der Waals surface area contributed by atoms with Crippen LogP contribution in [0.1, 0.15) is 44.1 Å². The van der Waals surface area contributed by atoms with Crippen LogP contribution in [0.2, 0.25) is 5.02 Å². The van der Waals surface area contributed by atoms with Gasteiger partial charge < -0.3 is 15.2 Å². The van der Waals surface area contributed by atoms with E-state index in [-0.39, 0.29) is 0 Å². The van der Waals surface area contributed by atoms with Crippen molar-refractivity contribution in [3.05, 3.63) is 28.8 Å². The lowest BCUT2D eigenvalue weighted by atomic mass is 10.1. The van der Waals surface area contributed by atoms with Gasteiger partial charge in [0.15, 0.2) is 0 Å². The fourth-order valence-corrected chi connectivity index (χ4v) is 2.86. The van der Waals surface area contributed by atoms with Crippen LogP contribution in [-0.2, 0) is 0 Å². The van der Waals surface area contributed by atoms with E-state index < -0.39 is 6.10 Å². The Balaban J connectivity index is 1.69. The molecule has 0 amide bonds. The third-order valence-electron chi connectivity index (χ3n) is 4.07. The van der Waals surface area contributed by atoms with E-state index in [2.05, 4.69) is 5.32 Å². The van der Waals surface area contributed by atoms with Crippen LogP contribution in [0, 0.1) is 6.92 Å². The molecule has 0 radical (unpaired) electrons. The molecule has 1 aliphatic carbocycles. The summed E-state index contributed by atoms with van der Waals surface area (Å²) in [4.78, 5) is 0. The lowest BCUT2D eigenvalue weighted by molar-refractivity contribution is 0.103. The second kappa shape index (κ2) is 8.62. The van der Waals surface area contributed by atoms with Gasteiger partial charge in [-0.3, -0.25) is 0 Å². The molecule has 118 valence electrons. The minimum atomic E-state index is -0.482. The van der Waals surface area contributed by atoms with Gasteiger partial charge in [0.2, 0.25) is 0 Å². The molecular formula is C17H26ClNO2. The van der Waals surface area contributed by atoms with Gasteiger partial charge in [-0.25, -0.2) is 0 Å². The van der Waals surface area contributed by atoms with Crippen molar-refractivity contribution < 1.29 is 9.84 Å². The second-order valence-corrected chi connectivity index (χ2v) is 6.38. The Morgan fingerprint density at radius 2 is 2.00 bits per heavy atom. The highest BCUT2D eigenvalue weighted by Gasteiger charge is 2.13. The molecule has 2 rings (SSSR count). The topological polar surface area (TPSA) is 41.5 Å². The molecule has 1 aromatic rings. The van der Waals surface area contributed by atoms with Crippen molar-refractivity contribution in [2.75, 3.05) is 13.2 Å². The number of rotatable bonds is 6. The molecule has 0 aromatic heterocycles. The fourth-order valence-electron chi connectivity index (χ4n) is 2.74. The summed E-state index contributed by atoms with van der Waals surface area (Å²) < 4.78 is 5.62. The number of hydrogen-bond acceptors (Lipinski definition) is 3. The van der Waals surface area contributed by atoms with Gasteiger partial charge in [-0.05, 0) is 43.5 Å². The van der Waals surface area contributed by atoms with Crippen LogP contribution in [0.15, 0.2) is 18.2 Å². The average Bonchev–Trinajstić information content (AvgIpc) is 2.75. The Morgan fingerprint density at radius 3 is 2.67 bits per heavy atom. The third-order valence-corrected chi connectivity index (χ3v) is 4.49. The summed E-state index contributed by atoms with van der Waals surface area (Å²) in [5, 5.41) is 14.2. The van der Waals surface area contributed by atoms with Crippen molar-refractivity contribution >= 4 is 11.6 Å². The largest absolute Gasteiger partial charge is 0.491 e. The highest BCUT2D eigenvalue weighted by atomic mass is 35.5. The van der Waals surface area contributed by atoms with Gasteiger partial charge in [0.05, 0.1) is 0 Å². The molecule has 4 heteroatoms. The monoisotopic (exact) mass is 311 g/mol. The Kier molecular flexibility index (Phi) is 6.81. The molecule has 2 N–H and O–H groups in total. The Bertz CT molecular complexity index is 431. The first kappa shape index (κ1) is 16.6. The van der Waals surface area contributed by atoms with Crippen molar-refractivity contribution in [2.45, 2.75) is 57.6 Å². The molecule has 1 fully saturated rings. The normalized spacial score (nSPS) is 18.2. The van der Waals surface area contributed by atoms with Gasteiger partial charge in [-0.2, -0.15) is 0 Å². The van der Waals surface area contributed by atoms with Crippen LogP contribution in [0.3, 0.4) is 0 Å². The maximum absolute atomic E-state index is 10.0. The lowest BCUT2D eigenvalue weighted by Gasteiger charge is -2.19. The first-order valence-electron chi connectivity index (χ1n) is 7.95. The highest BCUT2D eigenvalue weighted by molar-refractivity contribution is 6.31. The van der Waals surface area contributed by atoms with Gasteiger partial charge in [-0.15, -0.1) is 0 Å². The summed E-state index contributed by atoms with van der Waals surface area (Å²) in [6.07, 6.45) is 7.26. The van der Waals surface area contributed by atoms with Crippen molar-refractivity contribution in [3.63, 3.8) is 0 Å². The number of hydrogen-bond donors (Lipinski definition) is 2. The predicted molar refractivity (Wildman–Crippen MR) is 87.2 cm³/mol. The molecule has 1 unspecified atom stereocenters. The van der Waals surface area contributed by atoms with E-state index in [1.807, 2.05) is 25.1 Å². The number of nitrogens with one attached hydrogen (secondary N) is 1. The van der Waals surface area contributed by atoms with Crippen LogP contribution in [-0.4, -0.2) is 30.4 Å². The maximum atomic E-state index is 10.0. The van der Waals surface area contributed by atoms with Crippen molar-refractivity contribution in [3.8, 4) is 5.75 Å². The number of aliphatic hydroxyl groups excluding tert-OH is 1. The van der Waals surface area contributed by atoms with E-state index in [1.165, 1.54) is 38.5 Å². The van der Waals surface area contributed by atoms with E-state index in [4.69, 9.17) is 16.3 Å². The average molecular weight is 312 g/mol. The molecule has 1 atom stereocenters. The van der Waals surface area contributed by atoms with E-state index in [0.717, 1.165) is 16.3 Å². The SMILES string of the molecule is Cc1cc(OCC(O)CNC2CCCCCC2)ccc1Cl. The summed E-state index contributed by atoms with van der Waals surface area (Å²) in [5.41, 5.74) is 0.986. The van der Waals surface area contributed by atoms with Crippen LogP contribution in [0.5, 0.6) is 5.75 Å². The van der Waals surface area contributed by atoms with E-state index in [1.54, 1.807) is 0 Å². The quantitative estimate of drug-likeness (QED) is 0.787. The molecule has 0 bridgehead atoms. The summed E-state index contributed by atoms with van der Waals surface area (Å²) in [5.74, 6) is 0.755. The van der Waals surface area contributed by atoms with E-state index in [0.29, 0.717) is 19.2 Å². The van der Waals surface area contributed by atoms with E-state index in [9.17, 15) is 5.11 Å². The molecule has 1 saturated carbocycles. The summed E-state index contributed by atoms with van der Waals surface area (Å²) in [6.45, 7) is 2.84. The molecule has 0 spiro atoms. The first-order valence-corrected chi connectivity index (χ1v) is 8.33. The standard InChI is InChI=1S/C17H26ClNO2/c1-13-10-16(8-9-17(13)18)21-12-15(20)11-19-14-6-4-2-3-5-7-14/h8-10,14-15,19-20H,2-7,11-12H2,1H3. The zero-order chi connectivity index (χ0) is 15.1. The molecule has 0 saturated heterocycles. The molecule has 0 aliphatic heterocycles. The number of halogens is 1. The smallest absolute Gasteiger partial charge is 0.119 e. The van der Waals surface area contributed by atoms with Crippen LogP contribution < -0.4 is 10.1 Å². The lowest BCUT2D eigenvalue weighted by Crippen LogP contribution is -2.37. The van der Waals surface area contributed by atoms with Crippen LogP contribution in [0.25, 0.3) is 0 Å².